The average Bonchev–Trinajstić information content (AvgIpc) is 3.07. The first kappa shape index (κ1) is 13.6. The van der Waals surface area contributed by atoms with Gasteiger partial charge in [0.05, 0.1) is 13.2 Å². The molecule has 0 bridgehead atoms. The van der Waals surface area contributed by atoms with E-state index in [1.54, 1.807) is 0 Å². The van der Waals surface area contributed by atoms with Gasteiger partial charge in [0.25, 0.3) is 0 Å². The average molecular weight is 281 g/mol. The molecule has 1 saturated heterocycles. The molecular formula is C15H23NO2S. The fourth-order valence-electron chi connectivity index (χ4n) is 3.12. The molecule has 3 rings (SSSR count). The zero-order chi connectivity index (χ0) is 13.1. The highest BCUT2D eigenvalue weighted by Crippen LogP contribution is 2.35. The summed E-state index contributed by atoms with van der Waals surface area (Å²) >= 11 is 1.87. The number of ether oxygens (including phenoxy) is 2. The molecule has 19 heavy (non-hydrogen) atoms. The van der Waals surface area contributed by atoms with Gasteiger partial charge in [0, 0.05) is 30.3 Å². The van der Waals surface area contributed by atoms with Gasteiger partial charge in [-0.1, -0.05) is 6.92 Å². The van der Waals surface area contributed by atoms with Crippen LogP contribution in [0.4, 0.5) is 0 Å². The predicted octanol–water partition coefficient (Wildman–Crippen LogP) is 3.09. The molecule has 1 aromatic heterocycles. The molecule has 1 N–H and O–H groups in total. The van der Waals surface area contributed by atoms with Gasteiger partial charge in [-0.3, -0.25) is 0 Å². The Morgan fingerprint density at radius 1 is 1.32 bits per heavy atom. The van der Waals surface area contributed by atoms with E-state index in [0.717, 1.165) is 51.9 Å². The first-order valence-electron chi connectivity index (χ1n) is 7.38. The Bertz CT molecular complexity index is 402. The van der Waals surface area contributed by atoms with Crippen LogP contribution in [0.5, 0.6) is 0 Å². The lowest BCUT2D eigenvalue weighted by atomic mass is 9.90. The van der Waals surface area contributed by atoms with Crippen molar-refractivity contribution in [3.8, 4) is 0 Å². The van der Waals surface area contributed by atoms with E-state index in [2.05, 4.69) is 23.7 Å². The molecule has 0 atom stereocenters. The lowest BCUT2D eigenvalue weighted by molar-refractivity contribution is -0.179. The number of nitrogens with one attached hydrogen (secondary N) is 1. The topological polar surface area (TPSA) is 30.5 Å². The summed E-state index contributed by atoms with van der Waals surface area (Å²) in [6.45, 7) is 4.78. The summed E-state index contributed by atoms with van der Waals surface area (Å²) < 4.78 is 11.5. The summed E-state index contributed by atoms with van der Waals surface area (Å²) in [5.74, 6) is -0.226. The Morgan fingerprint density at radius 3 is 2.74 bits per heavy atom. The third kappa shape index (κ3) is 3.02. The second-order valence-corrected chi connectivity index (χ2v) is 6.49. The van der Waals surface area contributed by atoms with Crippen molar-refractivity contribution in [1.29, 1.82) is 0 Å². The smallest absolute Gasteiger partial charge is 0.168 e. The Labute approximate surface area is 119 Å². The van der Waals surface area contributed by atoms with Crippen LogP contribution in [-0.2, 0) is 22.4 Å². The summed E-state index contributed by atoms with van der Waals surface area (Å²) in [6, 6.07) is 2.86. The van der Waals surface area contributed by atoms with E-state index >= 15 is 0 Å². The molecule has 0 unspecified atom stereocenters. The standard InChI is InChI=1S/C15H23NO2S/c1-2-12-5-10-19-14(12)11-16-13-3-6-15(7-4-13)17-8-9-18-15/h5,10,13,16H,2-4,6-9,11H2,1H3. The van der Waals surface area contributed by atoms with Crippen molar-refractivity contribution in [3.05, 3.63) is 21.9 Å². The van der Waals surface area contributed by atoms with Gasteiger partial charge in [-0.05, 0) is 36.3 Å². The molecular weight excluding hydrogens is 258 g/mol. The molecule has 1 aliphatic carbocycles. The Balaban J connectivity index is 1.47. The van der Waals surface area contributed by atoms with Crippen molar-refractivity contribution in [2.45, 2.75) is 57.4 Å². The van der Waals surface area contributed by atoms with Gasteiger partial charge in [-0.2, -0.15) is 0 Å². The molecule has 0 radical (unpaired) electrons. The summed E-state index contributed by atoms with van der Waals surface area (Å²) in [4.78, 5) is 1.50. The molecule has 106 valence electrons. The maximum atomic E-state index is 5.77. The molecule has 2 heterocycles. The van der Waals surface area contributed by atoms with Crippen LogP contribution in [0, 0.1) is 0 Å². The van der Waals surface area contributed by atoms with E-state index in [4.69, 9.17) is 9.47 Å². The van der Waals surface area contributed by atoms with Crippen LogP contribution in [-0.4, -0.2) is 25.0 Å². The minimum Gasteiger partial charge on any atom is -0.348 e. The van der Waals surface area contributed by atoms with E-state index in [0.29, 0.717) is 6.04 Å². The largest absolute Gasteiger partial charge is 0.348 e. The van der Waals surface area contributed by atoms with Crippen molar-refractivity contribution in [3.63, 3.8) is 0 Å². The van der Waals surface area contributed by atoms with E-state index in [-0.39, 0.29) is 5.79 Å². The quantitative estimate of drug-likeness (QED) is 0.920. The second kappa shape index (κ2) is 5.92. The van der Waals surface area contributed by atoms with Crippen LogP contribution in [0.3, 0.4) is 0 Å². The fraction of sp³-hybridized carbons (Fsp3) is 0.733. The minimum atomic E-state index is -0.226. The highest BCUT2D eigenvalue weighted by atomic mass is 32.1. The Kier molecular flexibility index (Phi) is 4.22. The summed E-state index contributed by atoms with van der Waals surface area (Å²) in [6.07, 6.45) is 5.53. The van der Waals surface area contributed by atoms with Crippen LogP contribution < -0.4 is 5.32 Å². The summed E-state index contributed by atoms with van der Waals surface area (Å²) in [5, 5.41) is 5.90. The first-order chi connectivity index (χ1) is 9.31. The lowest BCUT2D eigenvalue weighted by Gasteiger charge is -2.35. The maximum Gasteiger partial charge on any atom is 0.168 e. The third-order valence-corrected chi connectivity index (χ3v) is 5.29. The van der Waals surface area contributed by atoms with Crippen LogP contribution in [0.1, 0.15) is 43.0 Å². The number of rotatable bonds is 4. The van der Waals surface area contributed by atoms with Gasteiger partial charge >= 0.3 is 0 Å². The predicted molar refractivity (Wildman–Crippen MR) is 77.4 cm³/mol. The molecule has 0 amide bonds. The van der Waals surface area contributed by atoms with Crippen molar-refractivity contribution < 1.29 is 9.47 Å². The maximum absolute atomic E-state index is 5.77. The van der Waals surface area contributed by atoms with E-state index in [9.17, 15) is 0 Å². The monoisotopic (exact) mass is 281 g/mol. The van der Waals surface area contributed by atoms with E-state index in [1.807, 2.05) is 11.3 Å². The summed E-state index contributed by atoms with van der Waals surface area (Å²) in [7, 11) is 0. The van der Waals surface area contributed by atoms with Crippen LogP contribution >= 0.6 is 11.3 Å². The zero-order valence-corrected chi connectivity index (χ0v) is 12.4. The number of aryl methyl sites for hydroxylation is 1. The van der Waals surface area contributed by atoms with Gasteiger partial charge in [-0.25, -0.2) is 0 Å². The highest BCUT2D eigenvalue weighted by Gasteiger charge is 2.40. The van der Waals surface area contributed by atoms with Gasteiger partial charge < -0.3 is 14.8 Å². The second-order valence-electron chi connectivity index (χ2n) is 5.49. The van der Waals surface area contributed by atoms with Gasteiger partial charge in [-0.15, -0.1) is 11.3 Å². The lowest BCUT2D eigenvalue weighted by Crippen LogP contribution is -2.41. The molecule has 4 heteroatoms. The highest BCUT2D eigenvalue weighted by molar-refractivity contribution is 7.10. The number of hydrogen-bond acceptors (Lipinski definition) is 4. The van der Waals surface area contributed by atoms with Crippen molar-refractivity contribution in [1.82, 2.24) is 5.32 Å². The van der Waals surface area contributed by atoms with Crippen LogP contribution in [0.15, 0.2) is 11.4 Å². The molecule has 1 spiro atoms. The molecule has 3 nitrogen and oxygen atoms in total. The minimum absolute atomic E-state index is 0.226. The molecule has 2 aliphatic rings. The fourth-order valence-corrected chi connectivity index (χ4v) is 4.05. The Hall–Kier alpha value is -0.420. The van der Waals surface area contributed by atoms with Crippen LogP contribution in [0.2, 0.25) is 0 Å². The zero-order valence-electron chi connectivity index (χ0n) is 11.6. The first-order valence-corrected chi connectivity index (χ1v) is 8.26. The van der Waals surface area contributed by atoms with Crippen molar-refractivity contribution in [2.75, 3.05) is 13.2 Å². The number of thiophene rings is 1. The van der Waals surface area contributed by atoms with E-state index in [1.165, 1.54) is 10.4 Å². The van der Waals surface area contributed by atoms with Crippen molar-refractivity contribution in [2.24, 2.45) is 0 Å². The van der Waals surface area contributed by atoms with Gasteiger partial charge in [0.1, 0.15) is 0 Å². The van der Waals surface area contributed by atoms with Crippen LogP contribution in [0.25, 0.3) is 0 Å². The van der Waals surface area contributed by atoms with Gasteiger partial charge in [0.15, 0.2) is 5.79 Å². The molecule has 1 aromatic rings. The third-order valence-electron chi connectivity index (χ3n) is 4.33. The molecule has 2 fully saturated rings. The van der Waals surface area contributed by atoms with Crippen molar-refractivity contribution >= 4 is 11.3 Å². The normalized spacial score (nSPS) is 23.2. The Morgan fingerprint density at radius 2 is 2.05 bits per heavy atom. The molecule has 0 aromatic carbocycles. The SMILES string of the molecule is CCc1ccsc1CNC1CCC2(CC1)OCCO2. The molecule has 1 saturated carbocycles. The summed E-state index contributed by atoms with van der Waals surface area (Å²) in [5.41, 5.74) is 1.49. The van der Waals surface area contributed by atoms with Gasteiger partial charge in [0.2, 0.25) is 0 Å². The van der Waals surface area contributed by atoms with E-state index < -0.39 is 0 Å². The molecule has 1 aliphatic heterocycles. The number of hydrogen-bond donors (Lipinski definition) is 1.